The zero-order valence-electron chi connectivity index (χ0n) is 11.2. The molecule has 1 aromatic carbocycles. The molecule has 1 aliphatic rings. The predicted molar refractivity (Wildman–Crippen MR) is 71.8 cm³/mol. The molecular weight excluding hydrogens is 256 g/mol. The van der Waals surface area contributed by atoms with Gasteiger partial charge in [0, 0.05) is 0 Å². The van der Waals surface area contributed by atoms with Gasteiger partial charge in [0.25, 0.3) is 0 Å². The Bertz CT molecular complexity index is 639. The maximum atomic E-state index is 12.0. The van der Waals surface area contributed by atoms with Gasteiger partial charge < -0.3 is 15.2 Å². The van der Waals surface area contributed by atoms with Crippen molar-refractivity contribution in [2.75, 3.05) is 7.11 Å². The van der Waals surface area contributed by atoms with E-state index < -0.39 is 11.9 Å². The van der Waals surface area contributed by atoms with Gasteiger partial charge in [0.05, 0.1) is 18.6 Å². The number of ether oxygens (including phenoxy) is 2. The Morgan fingerprint density at radius 3 is 2.60 bits per heavy atom. The third kappa shape index (κ3) is 2.24. The largest absolute Gasteiger partial charge is 0.466 e. The molecule has 0 saturated carbocycles. The van der Waals surface area contributed by atoms with Crippen LogP contribution in [-0.2, 0) is 14.3 Å². The van der Waals surface area contributed by atoms with Crippen molar-refractivity contribution in [1.82, 2.24) is 0 Å². The van der Waals surface area contributed by atoms with Crippen molar-refractivity contribution >= 4 is 5.97 Å². The molecule has 0 spiro atoms. The summed E-state index contributed by atoms with van der Waals surface area (Å²) in [4.78, 5) is 12.0. The minimum Gasteiger partial charge on any atom is -0.466 e. The van der Waals surface area contributed by atoms with Gasteiger partial charge in [-0.15, -0.1) is 0 Å². The molecule has 0 bridgehead atoms. The van der Waals surface area contributed by atoms with E-state index in [0.29, 0.717) is 11.3 Å². The summed E-state index contributed by atoms with van der Waals surface area (Å²) < 4.78 is 10.1. The minimum atomic E-state index is -0.567. The van der Waals surface area contributed by atoms with Gasteiger partial charge in [0.15, 0.2) is 0 Å². The van der Waals surface area contributed by atoms with Crippen LogP contribution >= 0.6 is 0 Å². The van der Waals surface area contributed by atoms with Crippen LogP contribution in [0.4, 0.5) is 0 Å². The van der Waals surface area contributed by atoms with Crippen molar-refractivity contribution in [1.29, 1.82) is 5.26 Å². The van der Waals surface area contributed by atoms with Gasteiger partial charge >= 0.3 is 5.97 Å². The van der Waals surface area contributed by atoms with E-state index in [2.05, 4.69) is 0 Å². The third-order valence-electron chi connectivity index (χ3n) is 3.14. The number of nitriles is 1. The van der Waals surface area contributed by atoms with Crippen LogP contribution in [0.2, 0.25) is 0 Å². The van der Waals surface area contributed by atoms with E-state index in [9.17, 15) is 10.1 Å². The number of nitrogens with two attached hydrogens (primary N) is 1. The van der Waals surface area contributed by atoms with Crippen LogP contribution in [0.5, 0.6) is 0 Å². The van der Waals surface area contributed by atoms with E-state index in [1.807, 2.05) is 36.4 Å². The number of hydrogen-bond donors (Lipinski definition) is 1. The Kier molecular flexibility index (Phi) is 3.76. The van der Waals surface area contributed by atoms with Gasteiger partial charge in [-0.2, -0.15) is 5.26 Å². The number of allylic oxidation sites excluding steroid dienone is 2. The second-order valence-electron chi connectivity index (χ2n) is 4.30. The van der Waals surface area contributed by atoms with Crippen LogP contribution in [0.25, 0.3) is 0 Å². The molecule has 0 aliphatic carbocycles. The van der Waals surface area contributed by atoms with Gasteiger partial charge in [0.2, 0.25) is 5.88 Å². The number of esters is 1. The SMILES string of the molecule is COC(=O)C1=C(C)OC(N)=C(C#N)[C@@H]1c1ccccc1. The first-order valence-electron chi connectivity index (χ1n) is 6.01. The van der Waals surface area contributed by atoms with E-state index in [-0.39, 0.29) is 11.5 Å². The molecular formula is C15H14N2O3. The lowest BCUT2D eigenvalue weighted by molar-refractivity contribution is -0.136. The van der Waals surface area contributed by atoms with E-state index in [0.717, 1.165) is 5.56 Å². The summed E-state index contributed by atoms with van der Waals surface area (Å²) in [7, 11) is 1.29. The van der Waals surface area contributed by atoms with E-state index in [4.69, 9.17) is 15.2 Å². The summed E-state index contributed by atoms with van der Waals surface area (Å²) in [5.74, 6) is -0.729. The highest BCUT2D eigenvalue weighted by atomic mass is 16.5. The van der Waals surface area contributed by atoms with Crippen LogP contribution in [0.3, 0.4) is 0 Å². The van der Waals surface area contributed by atoms with Crippen molar-refractivity contribution in [2.24, 2.45) is 5.73 Å². The summed E-state index contributed by atoms with van der Waals surface area (Å²) in [6, 6.07) is 11.2. The smallest absolute Gasteiger partial charge is 0.338 e. The highest BCUT2D eigenvalue weighted by molar-refractivity contribution is 5.92. The Balaban J connectivity index is 2.63. The maximum absolute atomic E-state index is 12.0. The summed E-state index contributed by atoms with van der Waals surface area (Å²) in [5.41, 5.74) is 7.05. The zero-order chi connectivity index (χ0) is 14.7. The van der Waals surface area contributed by atoms with Crippen molar-refractivity contribution in [2.45, 2.75) is 12.8 Å². The summed E-state index contributed by atoms with van der Waals surface area (Å²) >= 11 is 0. The molecule has 5 nitrogen and oxygen atoms in total. The van der Waals surface area contributed by atoms with Crippen LogP contribution in [0.1, 0.15) is 18.4 Å². The molecule has 1 heterocycles. The van der Waals surface area contributed by atoms with Crippen molar-refractivity contribution in [3.8, 4) is 6.07 Å². The van der Waals surface area contributed by atoms with Gasteiger partial charge in [-0.25, -0.2) is 4.79 Å². The summed E-state index contributed by atoms with van der Waals surface area (Å²) in [5, 5.41) is 9.31. The van der Waals surface area contributed by atoms with Crippen LogP contribution in [0, 0.1) is 11.3 Å². The number of benzene rings is 1. The fraction of sp³-hybridized carbons (Fsp3) is 0.200. The highest BCUT2D eigenvalue weighted by Gasteiger charge is 2.35. The molecule has 102 valence electrons. The molecule has 1 aromatic rings. The van der Waals surface area contributed by atoms with E-state index in [1.54, 1.807) is 6.92 Å². The lowest BCUT2D eigenvalue weighted by Crippen LogP contribution is -2.24. The quantitative estimate of drug-likeness (QED) is 0.830. The van der Waals surface area contributed by atoms with Crippen molar-refractivity contribution < 1.29 is 14.3 Å². The van der Waals surface area contributed by atoms with E-state index in [1.165, 1.54) is 7.11 Å². The molecule has 1 atom stereocenters. The third-order valence-corrected chi connectivity index (χ3v) is 3.14. The van der Waals surface area contributed by atoms with Crippen LogP contribution in [0.15, 0.2) is 53.1 Å². The fourth-order valence-electron chi connectivity index (χ4n) is 2.23. The van der Waals surface area contributed by atoms with Crippen molar-refractivity contribution in [3.05, 3.63) is 58.7 Å². The minimum absolute atomic E-state index is 0.0199. The predicted octanol–water partition coefficient (Wildman–Crippen LogP) is 1.94. The number of rotatable bonds is 2. The Morgan fingerprint density at radius 2 is 2.05 bits per heavy atom. The first-order chi connectivity index (χ1) is 9.60. The number of methoxy groups -OCH3 is 1. The van der Waals surface area contributed by atoms with Crippen molar-refractivity contribution in [3.63, 3.8) is 0 Å². The normalized spacial score (nSPS) is 18.4. The lowest BCUT2D eigenvalue weighted by atomic mass is 9.83. The molecule has 0 unspecified atom stereocenters. The second-order valence-corrected chi connectivity index (χ2v) is 4.30. The molecule has 0 amide bonds. The summed E-state index contributed by atoms with van der Waals surface area (Å²) in [6.45, 7) is 1.63. The molecule has 5 heteroatoms. The average Bonchev–Trinajstić information content (AvgIpc) is 2.46. The Labute approximate surface area is 116 Å². The molecule has 2 N–H and O–H groups in total. The number of hydrogen-bond acceptors (Lipinski definition) is 5. The van der Waals surface area contributed by atoms with Crippen LogP contribution < -0.4 is 5.73 Å². The number of carbonyl (C=O) groups excluding carboxylic acids is 1. The standard InChI is InChI=1S/C15H14N2O3/c1-9-12(15(18)19-2)13(10-6-4-3-5-7-10)11(8-16)14(17)20-9/h3-7,13H,17H2,1-2H3/t13-/m0/s1. The second kappa shape index (κ2) is 5.49. The van der Waals surface area contributed by atoms with Gasteiger partial charge in [-0.05, 0) is 12.5 Å². The summed E-state index contributed by atoms with van der Waals surface area (Å²) in [6.07, 6.45) is 0. The first-order valence-corrected chi connectivity index (χ1v) is 6.01. The monoisotopic (exact) mass is 270 g/mol. The number of nitrogens with zero attached hydrogens (tertiary/aromatic N) is 1. The molecule has 1 aliphatic heterocycles. The molecule has 0 saturated heterocycles. The van der Waals surface area contributed by atoms with E-state index >= 15 is 0 Å². The molecule has 2 rings (SSSR count). The molecule has 20 heavy (non-hydrogen) atoms. The lowest BCUT2D eigenvalue weighted by Gasteiger charge is -2.26. The Hall–Kier alpha value is -2.74. The number of carbonyl (C=O) groups is 1. The Morgan fingerprint density at radius 1 is 1.40 bits per heavy atom. The topological polar surface area (TPSA) is 85.3 Å². The highest BCUT2D eigenvalue weighted by Crippen LogP contribution is 2.39. The van der Waals surface area contributed by atoms with Gasteiger partial charge in [-0.3, -0.25) is 0 Å². The van der Waals surface area contributed by atoms with Crippen LogP contribution in [-0.4, -0.2) is 13.1 Å². The maximum Gasteiger partial charge on any atom is 0.338 e. The molecule has 0 aromatic heterocycles. The van der Waals surface area contributed by atoms with Gasteiger partial charge in [0.1, 0.15) is 17.4 Å². The fourth-order valence-corrected chi connectivity index (χ4v) is 2.23. The first kappa shape index (κ1) is 13.7. The zero-order valence-corrected chi connectivity index (χ0v) is 11.2. The van der Waals surface area contributed by atoms with Gasteiger partial charge in [-0.1, -0.05) is 30.3 Å². The molecule has 0 radical (unpaired) electrons. The average molecular weight is 270 g/mol. The molecule has 0 fully saturated rings.